The van der Waals surface area contributed by atoms with Crippen LogP contribution in [0.2, 0.25) is 0 Å². The van der Waals surface area contributed by atoms with Gasteiger partial charge in [-0.15, -0.1) is 0 Å². The van der Waals surface area contributed by atoms with Crippen molar-refractivity contribution in [2.24, 2.45) is 5.10 Å². The van der Waals surface area contributed by atoms with Crippen LogP contribution in [0, 0.1) is 10.6 Å². The first-order valence-electron chi connectivity index (χ1n) is 8.52. The summed E-state index contributed by atoms with van der Waals surface area (Å²) in [7, 11) is 0. The first kappa shape index (κ1) is 19.0. The molecule has 1 N–H and O–H groups in total. The van der Waals surface area contributed by atoms with Crippen LogP contribution in [0.4, 0.5) is 4.39 Å². The van der Waals surface area contributed by atoms with Crippen LogP contribution in [0.1, 0.15) is 37.7 Å². The lowest BCUT2D eigenvalue weighted by Crippen LogP contribution is -2.10. The zero-order valence-electron chi connectivity index (χ0n) is 15.4. The first-order valence-corrected chi connectivity index (χ1v) is 8.93. The summed E-state index contributed by atoms with van der Waals surface area (Å²) in [5.74, 6) is 0.989. The molecule has 0 aliphatic rings. The van der Waals surface area contributed by atoms with Gasteiger partial charge in [-0.05, 0) is 53.0 Å². The minimum Gasteiger partial charge on any atom is -0.486 e. The highest BCUT2D eigenvalue weighted by atomic mass is 32.1. The van der Waals surface area contributed by atoms with Gasteiger partial charge in [0.05, 0.1) is 6.21 Å². The molecule has 0 saturated carbocycles. The van der Waals surface area contributed by atoms with Gasteiger partial charge in [-0.1, -0.05) is 45.0 Å². The maximum absolute atomic E-state index is 13.0. The molecule has 0 fully saturated rings. The number of halogens is 1. The average molecular weight is 384 g/mol. The van der Waals surface area contributed by atoms with E-state index in [1.54, 1.807) is 18.3 Å². The summed E-state index contributed by atoms with van der Waals surface area (Å²) in [6.07, 6.45) is 1.59. The highest BCUT2D eigenvalue weighted by Gasteiger charge is 2.13. The van der Waals surface area contributed by atoms with E-state index >= 15 is 0 Å². The number of aromatic nitrogens is 3. The van der Waals surface area contributed by atoms with Crippen molar-refractivity contribution in [1.29, 1.82) is 0 Å². The third-order valence-electron chi connectivity index (χ3n) is 4.00. The van der Waals surface area contributed by atoms with Crippen LogP contribution in [0.3, 0.4) is 0 Å². The molecule has 3 aromatic rings. The molecule has 0 amide bonds. The SMILES string of the molecule is CC(C)(C)c1ccc(OCc2n[nH]c(=S)n2/N=C\c2ccc(F)cc2)cc1. The van der Waals surface area contributed by atoms with E-state index < -0.39 is 0 Å². The standard InChI is InChI=1S/C20H21FN4OS/c1-20(2,3)15-6-10-17(11-7-15)26-13-18-23-24-19(27)25(18)22-12-14-4-8-16(21)9-5-14/h4-12H,13H2,1-3H3,(H,24,27)/b22-12-. The lowest BCUT2D eigenvalue weighted by Gasteiger charge is -2.19. The average Bonchev–Trinajstić information content (AvgIpc) is 2.99. The number of H-pyrrole nitrogens is 1. The highest BCUT2D eigenvalue weighted by molar-refractivity contribution is 7.71. The Labute approximate surface area is 162 Å². The van der Waals surface area contributed by atoms with Crippen molar-refractivity contribution in [2.45, 2.75) is 32.8 Å². The van der Waals surface area contributed by atoms with E-state index in [1.165, 1.54) is 22.4 Å². The van der Waals surface area contributed by atoms with Gasteiger partial charge >= 0.3 is 0 Å². The quantitative estimate of drug-likeness (QED) is 0.506. The van der Waals surface area contributed by atoms with Crippen LogP contribution in [0.5, 0.6) is 5.75 Å². The number of aromatic amines is 1. The Bertz CT molecular complexity index is 983. The molecular formula is C20H21FN4OS. The molecule has 140 valence electrons. The van der Waals surface area contributed by atoms with Gasteiger partial charge in [0.1, 0.15) is 18.2 Å². The van der Waals surface area contributed by atoms with Gasteiger partial charge in [-0.3, -0.25) is 0 Å². The molecule has 27 heavy (non-hydrogen) atoms. The van der Waals surface area contributed by atoms with Crippen LogP contribution in [0.25, 0.3) is 0 Å². The van der Waals surface area contributed by atoms with Gasteiger partial charge in [-0.25, -0.2) is 9.49 Å². The Morgan fingerprint density at radius 3 is 2.44 bits per heavy atom. The van der Waals surface area contributed by atoms with E-state index in [0.29, 0.717) is 10.6 Å². The normalized spacial score (nSPS) is 11.9. The largest absolute Gasteiger partial charge is 0.486 e. The predicted octanol–water partition coefficient (Wildman–Crippen LogP) is 4.84. The van der Waals surface area contributed by atoms with Crippen LogP contribution in [-0.4, -0.2) is 21.1 Å². The molecule has 0 saturated heterocycles. The number of hydrogen-bond acceptors (Lipinski definition) is 4. The van der Waals surface area contributed by atoms with Crippen molar-refractivity contribution in [3.8, 4) is 5.75 Å². The van der Waals surface area contributed by atoms with Crippen LogP contribution < -0.4 is 4.74 Å². The van der Waals surface area contributed by atoms with Crippen molar-refractivity contribution in [2.75, 3.05) is 0 Å². The number of nitrogens with one attached hydrogen (secondary N) is 1. The highest BCUT2D eigenvalue weighted by Crippen LogP contribution is 2.24. The van der Waals surface area contributed by atoms with Crippen LogP contribution >= 0.6 is 12.2 Å². The molecule has 1 heterocycles. The van der Waals surface area contributed by atoms with Gasteiger partial charge in [0.25, 0.3) is 0 Å². The molecule has 0 atom stereocenters. The summed E-state index contributed by atoms with van der Waals surface area (Å²) in [6.45, 7) is 6.71. The minimum absolute atomic E-state index is 0.0933. The van der Waals surface area contributed by atoms with Crippen molar-refractivity contribution in [3.63, 3.8) is 0 Å². The molecule has 0 aliphatic heterocycles. The first-order chi connectivity index (χ1) is 12.8. The lowest BCUT2D eigenvalue weighted by atomic mass is 9.87. The van der Waals surface area contributed by atoms with Crippen LogP contribution in [-0.2, 0) is 12.0 Å². The van der Waals surface area contributed by atoms with E-state index in [1.807, 2.05) is 12.1 Å². The monoisotopic (exact) mass is 384 g/mol. The summed E-state index contributed by atoms with van der Waals surface area (Å²) in [6, 6.07) is 14.0. The van der Waals surface area contributed by atoms with Crippen molar-refractivity contribution in [3.05, 3.63) is 76.1 Å². The molecule has 0 bridgehead atoms. The van der Waals surface area contributed by atoms with Crippen molar-refractivity contribution >= 4 is 18.4 Å². The Balaban J connectivity index is 1.71. The van der Waals surface area contributed by atoms with Crippen molar-refractivity contribution < 1.29 is 9.13 Å². The Kier molecular flexibility index (Phi) is 5.51. The molecule has 3 rings (SSSR count). The summed E-state index contributed by atoms with van der Waals surface area (Å²) in [5.41, 5.74) is 2.08. The summed E-state index contributed by atoms with van der Waals surface area (Å²) >= 11 is 5.21. The van der Waals surface area contributed by atoms with E-state index in [2.05, 4.69) is 48.2 Å². The molecule has 0 aliphatic carbocycles. The number of nitrogens with zero attached hydrogens (tertiary/aromatic N) is 3. The second kappa shape index (κ2) is 7.84. The van der Waals surface area contributed by atoms with E-state index in [0.717, 1.165) is 11.3 Å². The van der Waals surface area contributed by atoms with E-state index in [9.17, 15) is 4.39 Å². The summed E-state index contributed by atoms with van der Waals surface area (Å²) in [5, 5.41) is 11.2. The van der Waals surface area contributed by atoms with Gasteiger partial charge in [-0.2, -0.15) is 14.9 Å². The van der Waals surface area contributed by atoms with Gasteiger partial charge in [0.2, 0.25) is 4.77 Å². The topological polar surface area (TPSA) is 55.2 Å². The predicted molar refractivity (Wildman–Crippen MR) is 106 cm³/mol. The van der Waals surface area contributed by atoms with Crippen LogP contribution in [0.15, 0.2) is 53.6 Å². The fourth-order valence-corrected chi connectivity index (χ4v) is 2.61. The number of ether oxygens (including phenoxy) is 1. The minimum atomic E-state index is -0.293. The molecule has 7 heteroatoms. The zero-order valence-corrected chi connectivity index (χ0v) is 16.3. The number of benzene rings is 2. The molecule has 0 spiro atoms. The van der Waals surface area contributed by atoms with Gasteiger partial charge < -0.3 is 4.74 Å². The van der Waals surface area contributed by atoms with E-state index in [4.69, 9.17) is 17.0 Å². The Morgan fingerprint density at radius 2 is 1.81 bits per heavy atom. The molecule has 0 radical (unpaired) electrons. The second-order valence-corrected chi connectivity index (χ2v) is 7.50. The third kappa shape index (κ3) is 4.89. The second-order valence-electron chi connectivity index (χ2n) is 7.12. The number of hydrogen-bond donors (Lipinski definition) is 1. The summed E-state index contributed by atoms with van der Waals surface area (Å²) < 4.78 is 20.6. The maximum Gasteiger partial charge on any atom is 0.216 e. The molecule has 2 aromatic carbocycles. The molecular weight excluding hydrogens is 363 g/mol. The van der Waals surface area contributed by atoms with E-state index in [-0.39, 0.29) is 17.8 Å². The fourth-order valence-electron chi connectivity index (χ4n) is 2.41. The van der Waals surface area contributed by atoms with Gasteiger partial charge in [0, 0.05) is 0 Å². The molecule has 5 nitrogen and oxygen atoms in total. The third-order valence-corrected chi connectivity index (χ3v) is 4.26. The Hall–Kier alpha value is -2.80. The summed E-state index contributed by atoms with van der Waals surface area (Å²) in [4.78, 5) is 0. The Morgan fingerprint density at radius 1 is 1.15 bits per heavy atom. The smallest absolute Gasteiger partial charge is 0.216 e. The lowest BCUT2D eigenvalue weighted by molar-refractivity contribution is 0.290. The maximum atomic E-state index is 13.0. The molecule has 0 unspecified atom stereocenters. The fraction of sp³-hybridized carbons (Fsp3) is 0.250. The van der Waals surface area contributed by atoms with Crippen molar-refractivity contribution in [1.82, 2.24) is 14.9 Å². The number of rotatable bonds is 5. The molecule has 1 aromatic heterocycles. The zero-order chi connectivity index (χ0) is 19.4. The van der Waals surface area contributed by atoms with Gasteiger partial charge in [0.15, 0.2) is 5.82 Å².